The zero-order valence-corrected chi connectivity index (χ0v) is 10.8. The first-order chi connectivity index (χ1) is 7.65. The highest BCUT2D eigenvalue weighted by atomic mass is 16.3. The zero-order valence-electron chi connectivity index (χ0n) is 10.8. The maximum absolute atomic E-state index is 9.37. The van der Waals surface area contributed by atoms with Gasteiger partial charge in [0.2, 0.25) is 0 Å². The van der Waals surface area contributed by atoms with Gasteiger partial charge in [0.25, 0.3) is 0 Å². The fourth-order valence-electron chi connectivity index (χ4n) is 3.00. The molecule has 2 nitrogen and oxygen atoms in total. The Morgan fingerprint density at radius 2 is 1.88 bits per heavy atom. The molecule has 2 rings (SSSR count). The van der Waals surface area contributed by atoms with Crippen LogP contribution in [0.3, 0.4) is 0 Å². The lowest BCUT2D eigenvalue weighted by Crippen LogP contribution is -2.40. The Labute approximate surface area is 99.8 Å². The van der Waals surface area contributed by atoms with Crippen molar-refractivity contribution < 1.29 is 5.11 Å². The molecule has 0 spiro atoms. The van der Waals surface area contributed by atoms with Crippen molar-refractivity contribution in [3.8, 4) is 0 Å². The van der Waals surface area contributed by atoms with Crippen molar-refractivity contribution in [1.82, 2.24) is 5.32 Å². The number of aliphatic hydroxyl groups excluding tert-OH is 1. The van der Waals surface area contributed by atoms with Gasteiger partial charge in [-0.3, -0.25) is 0 Å². The molecule has 0 bridgehead atoms. The van der Waals surface area contributed by atoms with Gasteiger partial charge in [-0.2, -0.15) is 0 Å². The van der Waals surface area contributed by atoms with Crippen molar-refractivity contribution in [2.75, 3.05) is 13.2 Å². The molecule has 0 aliphatic heterocycles. The Morgan fingerprint density at radius 3 is 2.44 bits per heavy atom. The highest BCUT2D eigenvalue weighted by Crippen LogP contribution is 2.48. The molecule has 2 aliphatic carbocycles. The summed E-state index contributed by atoms with van der Waals surface area (Å²) in [5.74, 6) is 1.27. The summed E-state index contributed by atoms with van der Waals surface area (Å²) in [7, 11) is 0. The van der Waals surface area contributed by atoms with E-state index in [1.807, 2.05) is 0 Å². The molecular formula is C14H27NO. The number of aliphatic hydroxyl groups is 1. The average Bonchev–Trinajstić information content (AvgIpc) is 3.06. The fraction of sp³-hybridized carbons (Fsp3) is 1.00. The van der Waals surface area contributed by atoms with Gasteiger partial charge in [-0.25, -0.2) is 0 Å². The maximum atomic E-state index is 9.37. The molecule has 3 unspecified atom stereocenters. The predicted molar refractivity (Wildman–Crippen MR) is 67.3 cm³/mol. The fourth-order valence-corrected chi connectivity index (χ4v) is 3.00. The van der Waals surface area contributed by atoms with Gasteiger partial charge in [0, 0.05) is 12.6 Å². The summed E-state index contributed by atoms with van der Waals surface area (Å²) < 4.78 is 0. The Hall–Kier alpha value is -0.0800. The summed E-state index contributed by atoms with van der Waals surface area (Å²) in [5.41, 5.74) is 0.573. The molecule has 0 aromatic heterocycles. The van der Waals surface area contributed by atoms with Gasteiger partial charge in [0.05, 0.1) is 0 Å². The van der Waals surface area contributed by atoms with Crippen molar-refractivity contribution in [1.29, 1.82) is 0 Å². The first-order valence-electron chi connectivity index (χ1n) is 7.00. The van der Waals surface area contributed by atoms with Gasteiger partial charge < -0.3 is 10.4 Å². The molecular weight excluding hydrogens is 198 g/mol. The van der Waals surface area contributed by atoms with Crippen molar-refractivity contribution in [3.63, 3.8) is 0 Å². The number of hydrogen-bond acceptors (Lipinski definition) is 2. The van der Waals surface area contributed by atoms with Gasteiger partial charge in [-0.05, 0) is 56.4 Å². The lowest BCUT2D eigenvalue weighted by Gasteiger charge is -2.32. The predicted octanol–water partition coefficient (Wildman–Crippen LogP) is 2.56. The molecule has 94 valence electrons. The van der Waals surface area contributed by atoms with Crippen molar-refractivity contribution in [3.05, 3.63) is 0 Å². The molecule has 2 fully saturated rings. The normalized spacial score (nSPS) is 34.7. The second kappa shape index (κ2) is 5.05. The highest BCUT2D eigenvalue weighted by molar-refractivity contribution is 4.96. The van der Waals surface area contributed by atoms with Gasteiger partial charge in [-0.15, -0.1) is 0 Å². The third-order valence-electron chi connectivity index (χ3n) is 5.07. The molecule has 0 aromatic carbocycles. The average molecular weight is 225 g/mol. The van der Waals surface area contributed by atoms with Crippen LogP contribution < -0.4 is 5.32 Å². The molecule has 0 amide bonds. The molecule has 2 saturated carbocycles. The van der Waals surface area contributed by atoms with Gasteiger partial charge >= 0.3 is 0 Å². The van der Waals surface area contributed by atoms with E-state index in [2.05, 4.69) is 19.2 Å². The third-order valence-corrected chi connectivity index (χ3v) is 5.07. The Morgan fingerprint density at radius 1 is 1.25 bits per heavy atom. The van der Waals surface area contributed by atoms with Crippen LogP contribution in [0, 0.1) is 17.3 Å². The Bertz CT molecular complexity index is 225. The first-order valence-corrected chi connectivity index (χ1v) is 7.00. The lowest BCUT2D eigenvalue weighted by molar-refractivity contribution is 0.129. The largest absolute Gasteiger partial charge is 0.396 e. The summed E-state index contributed by atoms with van der Waals surface area (Å²) in [5, 5.41) is 13.1. The first kappa shape index (κ1) is 12.4. The van der Waals surface area contributed by atoms with E-state index in [-0.39, 0.29) is 0 Å². The number of nitrogens with one attached hydrogen (secondary N) is 1. The van der Waals surface area contributed by atoms with Crippen LogP contribution in [0.1, 0.15) is 52.4 Å². The minimum absolute atomic E-state index is 0.387. The minimum atomic E-state index is 0.387. The second-order valence-corrected chi connectivity index (χ2v) is 6.27. The summed E-state index contributed by atoms with van der Waals surface area (Å²) in [6.45, 7) is 6.21. The Kier molecular flexibility index (Phi) is 3.91. The zero-order chi connectivity index (χ0) is 11.6. The topological polar surface area (TPSA) is 32.3 Å². The van der Waals surface area contributed by atoms with Crippen LogP contribution in [0.5, 0.6) is 0 Å². The molecule has 0 heterocycles. The van der Waals surface area contributed by atoms with Gasteiger partial charge in [-0.1, -0.05) is 19.8 Å². The minimum Gasteiger partial charge on any atom is -0.396 e. The van der Waals surface area contributed by atoms with E-state index >= 15 is 0 Å². The molecule has 16 heavy (non-hydrogen) atoms. The molecule has 0 saturated heterocycles. The van der Waals surface area contributed by atoms with Crippen LogP contribution in [0.15, 0.2) is 0 Å². The summed E-state index contributed by atoms with van der Waals surface area (Å²) >= 11 is 0. The SMILES string of the molecule is CC(NCC1CCCCC1CO)C1(C)CC1. The van der Waals surface area contributed by atoms with E-state index in [9.17, 15) is 5.11 Å². The molecule has 0 radical (unpaired) electrons. The molecule has 2 N–H and O–H groups in total. The standard InChI is InChI=1S/C14H27NO/c1-11(14(2)7-8-14)15-9-12-5-3-4-6-13(12)10-16/h11-13,15-16H,3-10H2,1-2H3. The van der Waals surface area contributed by atoms with Gasteiger partial charge in [0.1, 0.15) is 0 Å². The number of hydrogen-bond donors (Lipinski definition) is 2. The van der Waals surface area contributed by atoms with Crippen LogP contribution in [-0.4, -0.2) is 24.3 Å². The van der Waals surface area contributed by atoms with E-state index in [1.54, 1.807) is 0 Å². The highest BCUT2D eigenvalue weighted by Gasteiger charge is 2.42. The van der Waals surface area contributed by atoms with E-state index in [0.717, 1.165) is 6.54 Å². The molecule has 2 aliphatic rings. The van der Waals surface area contributed by atoms with Crippen LogP contribution in [0.2, 0.25) is 0 Å². The molecule has 3 atom stereocenters. The van der Waals surface area contributed by atoms with Crippen molar-refractivity contribution in [2.45, 2.75) is 58.4 Å². The van der Waals surface area contributed by atoms with Crippen LogP contribution in [0.25, 0.3) is 0 Å². The maximum Gasteiger partial charge on any atom is 0.0462 e. The van der Waals surface area contributed by atoms with Crippen LogP contribution in [-0.2, 0) is 0 Å². The molecule has 2 heteroatoms. The van der Waals surface area contributed by atoms with Crippen LogP contribution >= 0.6 is 0 Å². The third kappa shape index (κ3) is 2.78. The van der Waals surface area contributed by atoms with Crippen LogP contribution in [0.4, 0.5) is 0 Å². The lowest BCUT2D eigenvalue weighted by atomic mass is 9.79. The van der Waals surface area contributed by atoms with Crippen molar-refractivity contribution in [2.24, 2.45) is 17.3 Å². The Balaban J connectivity index is 1.75. The summed E-state index contributed by atoms with van der Waals surface area (Å²) in [4.78, 5) is 0. The summed E-state index contributed by atoms with van der Waals surface area (Å²) in [6.07, 6.45) is 7.98. The summed E-state index contributed by atoms with van der Waals surface area (Å²) in [6, 6.07) is 0.647. The van der Waals surface area contributed by atoms with Crippen molar-refractivity contribution >= 4 is 0 Å². The smallest absolute Gasteiger partial charge is 0.0462 e. The second-order valence-electron chi connectivity index (χ2n) is 6.27. The molecule has 0 aromatic rings. The van der Waals surface area contributed by atoms with E-state index in [1.165, 1.54) is 38.5 Å². The van der Waals surface area contributed by atoms with E-state index < -0.39 is 0 Å². The van der Waals surface area contributed by atoms with Gasteiger partial charge in [0.15, 0.2) is 0 Å². The van der Waals surface area contributed by atoms with E-state index in [0.29, 0.717) is 29.9 Å². The monoisotopic (exact) mass is 225 g/mol. The number of rotatable bonds is 5. The van der Waals surface area contributed by atoms with E-state index in [4.69, 9.17) is 0 Å². The quantitative estimate of drug-likeness (QED) is 0.753.